The van der Waals surface area contributed by atoms with Gasteiger partial charge in [-0.3, -0.25) is 0 Å². The van der Waals surface area contributed by atoms with E-state index in [1.165, 1.54) is 12.8 Å². The second kappa shape index (κ2) is 3.69. The van der Waals surface area contributed by atoms with Crippen LogP contribution in [0.3, 0.4) is 0 Å². The zero-order valence-electron chi connectivity index (χ0n) is 9.62. The van der Waals surface area contributed by atoms with E-state index in [2.05, 4.69) is 32.9 Å². The fourth-order valence-electron chi connectivity index (χ4n) is 2.89. The zero-order valence-corrected chi connectivity index (χ0v) is 9.62. The van der Waals surface area contributed by atoms with Crippen LogP contribution >= 0.6 is 0 Å². The molecule has 0 amide bonds. The minimum Gasteiger partial charge on any atom is -0.381 e. The summed E-state index contributed by atoms with van der Waals surface area (Å²) in [4.78, 5) is 0. The highest BCUT2D eigenvalue weighted by Gasteiger charge is 2.44. The van der Waals surface area contributed by atoms with Crippen LogP contribution in [-0.4, -0.2) is 13.2 Å². The molecule has 0 radical (unpaired) electrons. The number of hydrogen-bond acceptors (Lipinski definition) is 1. The van der Waals surface area contributed by atoms with Crippen molar-refractivity contribution >= 4 is 0 Å². The van der Waals surface area contributed by atoms with Gasteiger partial charge in [-0.2, -0.15) is 0 Å². The molecule has 3 atom stereocenters. The van der Waals surface area contributed by atoms with Gasteiger partial charge in [0, 0.05) is 6.61 Å². The summed E-state index contributed by atoms with van der Waals surface area (Å²) in [6.07, 6.45) is 7.52. The van der Waals surface area contributed by atoms with Gasteiger partial charge in [0.05, 0.1) is 6.61 Å². The topological polar surface area (TPSA) is 9.23 Å². The van der Waals surface area contributed by atoms with Crippen LogP contribution in [0.25, 0.3) is 0 Å². The van der Waals surface area contributed by atoms with Gasteiger partial charge in [-0.1, -0.05) is 32.9 Å². The number of ether oxygens (including phenoxy) is 1. The highest BCUT2D eigenvalue weighted by Crippen LogP contribution is 2.51. The Kier molecular flexibility index (Phi) is 2.70. The van der Waals surface area contributed by atoms with Crippen LogP contribution in [0.15, 0.2) is 12.2 Å². The normalized spacial score (nSPS) is 40.0. The third-order valence-electron chi connectivity index (χ3n) is 3.68. The highest BCUT2D eigenvalue weighted by molar-refractivity contribution is 5.14. The Hall–Kier alpha value is -0.300. The monoisotopic (exact) mass is 194 g/mol. The van der Waals surface area contributed by atoms with Gasteiger partial charge in [0.1, 0.15) is 0 Å². The molecule has 0 aromatic heterocycles. The molecular formula is C13H22O. The van der Waals surface area contributed by atoms with Gasteiger partial charge in [0.2, 0.25) is 0 Å². The molecule has 0 aromatic rings. The van der Waals surface area contributed by atoms with Crippen molar-refractivity contribution in [2.75, 3.05) is 13.2 Å². The molecule has 14 heavy (non-hydrogen) atoms. The van der Waals surface area contributed by atoms with Crippen LogP contribution in [0.1, 0.15) is 33.6 Å². The summed E-state index contributed by atoms with van der Waals surface area (Å²) >= 11 is 0. The quantitative estimate of drug-likeness (QED) is 0.624. The lowest BCUT2D eigenvalue weighted by Crippen LogP contribution is -2.28. The Morgan fingerprint density at radius 1 is 1.43 bits per heavy atom. The smallest absolute Gasteiger partial charge is 0.0525 e. The van der Waals surface area contributed by atoms with E-state index in [1.807, 2.05) is 0 Å². The lowest BCUT2D eigenvalue weighted by atomic mass is 9.78. The van der Waals surface area contributed by atoms with Crippen molar-refractivity contribution < 1.29 is 4.74 Å². The van der Waals surface area contributed by atoms with E-state index in [9.17, 15) is 0 Å². The van der Waals surface area contributed by atoms with Crippen LogP contribution in [0.4, 0.5) is 0 Å². The molecule has 1 fully saturated rings. The Balaban J connectivity index is 1.83. The Labute approximate surface area is 87.5 Å². The van der Waals surface area contributed by atoms with Crippen molar-refractivity contribution in [3.05, 3.63) is 12.2 Å². The van der Waals surface area contributed by atoms with E-state index in [-0.39, 0.29) is 0 Å². The van der Waals surface area contributed by atoms with E-state index in [4.69, 9.17) is 4.74 Å². The number of allylic oxidation sites excluding steroid dienone is 2. The number of rotatable bonds is 4. The van der Waals surface area contributed by atoms with Gasteiger partial charge in [0.15, 0.2) is 0 Å². The maximum Gasteiger partial charge on any atom is 0.0525 e. The molecular weight excluding hydrogens is 172 g/mol. The Morgan fingerprint density at radius 3 is 2.71 bits per heavy atom. The molecule has 0 aromatic carbocycles. The first-order valence-corrected chi connectivity index (χ1v) is 5.86. The third kappa shape index (κ3) is 1.88. The van der Waals surface area contributed by atoms with Gasteiger partial charge >= 0.3 is 0 Å². The summed E-state index contributed by atoms with van der Waals surface area (Å²) in [7, 11) is 0. The minimum absolute atomic E-state index is 0.439. The highest BCUT2D eigenvalue weighted by atomic mass is 16.5. The molecule has 0 saturated heterocycles. The summed E-state index contributed by atoms with van der Waals surface area (Å²) in [5, 5.41) is 0. The molecule has 1 saturated carbocycles. The summed E-state index contributed by atoms with van der Waals surface area (Å²) in [5.41, 5.74) is 0.439. The van der Waals surface area contributed by atoms with Crippen molar-refractivity contribution in [3.8, 4) is 0 Å². The standard InChI is InChI=1S/C13H22O/c1-10(2)8-14-9-13(3)7-11-4-5-12(13)6-11/h4-5,10-12H,6-9H2,1-3H3. The average molecular weight is 194 g/mol. The van der Waals surface area contributed by atoms with Crippen LogP contribution in [0, 0.1) is 23.2 Å². The maximum atomic E-state index is 5.80. The van der Waals surface area contributed by atoms with E-state index >= 15 is 0 Å². The van der Waals surface area contributed by atoms with Crippen LogP contribution in [0.5, 0.6) is 0 Å². The first-order valence-electron chi connectivity index (χ1n) is 5.86. The van der Waals surface area contributed by atoms with Crippen molar-refractivity contribution in [1.29, 1.82) is 0 Å². The molecule has 80 valence electrons. The summed E-state index contributed by atoms with van der Waals surface area (Å²) < 4.78 is 5.80. The molecule has 0 N–H and O–H groups in total. The maximum absolute atomic E-state index is 5.80. The minimum atomic E-state index is 0.439. The molecule has 0 spiro atoms. The van der Waals surface area contributed by atoms with Gasteiger partial charge < -0.3 is 4.74 Å². The lowest BCUT2D eigenvalue weighted by molar-refractivity contribution is 0.0257. The van der Waals surface area contributed by atoms with Crippen LogP contribution in [-0.2, 0) is 4.74 Å². The fourth-order valence-corrected chi connectivity index (χ4v) is 2.89. The summed E-state index contributed by atoms with van der Waals surface area (Å²) in [6.45, 7) is 8.68. The lowest BCUT2D eigenvalue weighted by Gasteiger charge is -2.31. The largest absolute Gasteiger partial charge is 0.381 e. The second-order valence-corrected chi connectivity index (χ2v) is 5.75. The van der Waals surface area contributed by atoms with Crippen molar-refractivity contribution in [1.82, 2.24) is 0 Å². The molecule has 2 rings (SSSR count). The molecule has 3 unspecified atom stereocenters. The number of hydrogen-bond donors (Lipinski definition) is 0. The van der Waals surface area contributed by atoms with E-state index < -0.39 is 0 Å². The van der Waals surface area contributed by atoms with Gasteiger partial charge in [0.25, 0.3) is 0 Å². The van der Waals surface area contributed by atoms with Gasteiger partial charge in [-0.25, -0.2) is 0 Å². The van der Waals surface area contributed by atoms with Crippen LogP contribution < -0.4 is 0 Å². The average Bonchev–Trinajstić information content (AvgIpc) is 2.62. The van der Waals surface area contributed by atoms with Crippen molar-refractivity contribution in [2.45, 2.75) is 33.6 Å². The predicted octanol–water partition coefficient (Wildman–Crippen LogP) is 3.26. The summed E-state index contributed by atoms with van der Waals surface area (Å²) in [5.74, 6) is 2.31. The van der Waals surface area contributed by atoms with Gasteiger partial charge in [-0.05, 0) is 36.0 Å². The molecule has 2 bridgehead atoms. The summed E-state index contributed by atoms with van der Waals surface area (Å²) in [6, 6.07) is 0. The molecule has 0 heterocycles. The van der Waals surface area contributed by atoms with E-state index in [0.717, 1.165) is 25.0 Å². The first-order chi connectivity index (χ1) is 6.60. The molecule has 1 heteroatoms. The predicted molar refractivity (Wildman–Crippen MR) is 59.1 cm³/mol. The molecule has 2 aliphatic carbocycles. The first kappa shape index (κ1) is 10.2. The molecule has 2 aliphatic rings. The third-order valence-corrected chi connectivity index (χ3v) is 3.68. The van der Waals surface area contributed by atoms with Gasteiger partial charge in [-0.15, -0.1) is 0 Å². The molecule has 0 aliphatic heterocycles. The zero-order chi connectivity index (χ0) is 10.2. The van der Waals surface area contributed by atoms with Crippen LogP contribution in [0.2, 0.25) is 0 Å². The van der Waals surface area contributed by atoms with Crippen molar-refractivity contribution in [2.24, 2.45) is 23.2 Å². The fraction of sp³-hybridized carbons (Fsp3) is 0.846. The van der Waals surface area contributed by atoms with Crippen molar-refractivity contribution in [3.63, 3.8) is 0 Å². The van der Waals surface area contributed by atoms with E-state index in [1.54, 1.807) is 0 Å². The van der Waals surface area contributed by atoms with E-state index in [0.29, 0.717) is 11.3 Å². The SMILES string of the molecule is CC(C)COCC1(C)CC2C=CC1C2. The number of fused-ring (bicyclic) bond motifs is 2. The molecule has 1 nitrogen and oxygen atoms in total. The Morgan fingerprint density at radius 2 is 2.21 bits per heavy atom. The second-order valence-electron chi connectivity index (χ2n) is 5.75. The Bertz CT molecular complexity index is 231.